The van der Waals surface area contributed by atoms with E-state index in [0.29, 0.717) is 28.4 Å². The van der Waals surface area contributed by atoms with Gasteiger partial charge in [0, 0.05) is 6.04 Å². The van der Waals surface area contributed by atoms with Gasteiger partial charge >= 0.3 is 0 Å². The summed E-state index contributed by atoms with van der Waals surface area (Å²) in [6, 6.07) is 11.4. The fourth-order valence-corrected chi connectivity index (χ4v) is 4.74. The van der Waals surface area contributed by atoms with Crippen LogP contribution in [-0.4, -0.2) is 49.1 Å². The van der Waals surface area contributed by atoms with Gasteiger partial charge in [-0.25, -0.2) is 0 Å². The molecule has 4 rings (SSSR count). The first-order valence-electron chi connectivity index (χ1n) is 10.7. The number of hydrogen-bond acceptors (Lipinski definition) is 6. The highest BCUT2D eigenvalue weighted by Crippen LogP contribution is 2.45. The van der Waals surface area contributed by atoms with Gasteiger partial charge in [0.15, 0.2) is 11.5 Å². The fraction of sp³-hybridized carbons (Fsp3) is 0.360. The number of carbonyl (C=O) groups is 2. The number of methoxy groups -OCH3 is 3. The van der Waals surface area contributed by atoms with E-state index in [1.807, 2.05) is 0 Å². The quantitative estimate of drug-likeness (QED) is 0.417. The molecule has 1 unspecified atom stereocenters. The molecule has 1 atom stereocenters. The Balaban J connectivity index is 1.93. The molecule has 1 saturated heterocycles. The average molecular weight is 437 g/mol. The summed E-state index contributed by atoms with van der Waals surface area (Å²) >= 11 is 0. The second kappa shape index (κ2) is 8.94. The maximum atomic E-state index is 13.2. The van der Waals surface area contributed by atoms with Crippen LogP contribution in [0, 0.1) is 0 Å². The predicted molar refractivity (Wildman–Crippen MR) is 119 cm³/mol. The Kier molecular flexibility index (Phi) is 6.08. The molecule has 1 saturated carbocycles. The molecule has 1 heterocycles. The summed E-state index contributed by atoms with van der Waals surface area (Å²) in [5.74, 6) is -0.0875. The van der Waals surface area contributed by atoms with E-state index in [1.54, 1.807) is 54.5 Å². The Hall–Kier alpha value is -3.48. The molecule has 0 spiro atoms. The van der Waals surface area contributed by atoms with Gasteiger partial charge < -0.3 is 24.2 Å². The molecule has 1 aliphatic heterocycles. The van der Waals surface area contributed by atoms with E-state index in [9.17, 15) is 14.7 Å². The van der Waals surface area contributed by atoms with Crippen LogP contribution in [-0.2, 0) is 9.59 Å². The number of likely N-dealkylation sites (tertiary alicyclic amines) is 1. The first-order chi connectivity index (χ1) is 15.5. The lowest BCUT2D eigenvalue weighted by atomic mass is 9.94. The van der Waals surface area contributed by atoms with Gasteiger partial charge in [0.2, 0.25) is 0 Å². The molecule has 1 N–H and O–H groups in total. The zero-order valence-corrected chi connectivity index (χ0v) is 18.5. The number of aliphatic hydroxyl groups excluding tert-OH is 1. The second-order valence-corrected chi connectivity index (χ2v) is 7.96. The minimum atomic E-state index is -0.734. The summed E-state index contributed by atoms with van der Waals surface area (Å²) in [4.78, 5) is 28.1. The average Bonchev–Trinajstić information content (AvgIpc) is 3.44. The van der Waals surface area contributed by atoms with Gasteiger partial charge in [-0.2, -0.15) is 0 Å². The topological polar surface area (TPSA) is 85.3 Å². The van der Waals surface area contributed by atoms with Crippen molar-refractivity contribution in [2.45, 2.75) is 37.8 Å². The van der Waals surface area contributed by atoms with Crippen LogP contribution >= 0.6 is 0 Å². The van der Waals surface area contributed by atoms with E-state index in [2.05, 4.69) is 0 Å². The van der Waals surface area contributed by atoms with Gasteiger partial charge in [-0.3, -0.25) is 9.59 Å². The normalized spacial score (nSPS) is 20.6. The Labute approximate surface area is 187 Å². The van der Waals surface area contributed by atoms with Crippen molar-refractivity contribution in [1.29, 1.82) is 0 Å². The third kappa shape index (κ3) is 3.57. The maximum absolute atomic E-state index is 13.2. The highest BCUT2D eigenvalue weighted by molar-refractivity contribution is 6.46. The predicted octanol–water partition coefficient (Wildman–Crippen LogP) is 4.08. The highest BCUT2D eigenvalue weighted by Gasteiger charge is 2.49. The SMILES string of the molecule is COc1ccc(C2/C(=C(/O)c3ccccc3OC)C(=O)C(=O)N2C2CCCC2)cc1OC. The van der Waals surface area contributed by atoms with Crippen LogP contribution in [0.1, 0.15) is 42.9 Å². The minimum Gasteiger partial charge on any atom is -0.507 e. The molecular formula is C25H27NO6. The lowest BCUT2D eigenvalue weighted by Crippen LogP contribution is -2.37. The van der Waals surface area contributed by atoms with Gasteiger partial charge in [0.25, 0.3) is 11.7 Å². The van der Waals surface area contributed by atoms with Crippen LogP contribution in [0.4, 0.5) is 0 Å². The third-order valence-corrected chi connectivity index (χ3v) is 6.28. The van der Waals surface area contributed by atoms with E-state index in [4.69, 9.17) is 14.2 Å². The Morgan fingerprint density at radius 3 is 2.22 bits per heavy atom. The number of benzene rings is 2. The molecule has 168 valence electrons. The zero-order chi connectivity index (χ0) is 22.8. The summed E-state index contributed by atoms with van der Waals surface area (Å²) < 4.78 is 16.2. The van der Waals surface area contributed by atoms with E-state index >= 15 is 0 Å². The van der Waals surface area contributed by atoms with E-state index in [-0.39, 0.29) is 17.4 Å². The van der Waals surface area contributed by atoms with Gasteiger partial charge in [-0.1, -0.05) is 31.0 Å². The highest BCUT2D eigenvalue weighted by atomic mass is 16.5. The summed E-state index contributed by atoms with van der Waals surface area (Å²) in [6.07, 6.45) is 3.65. The van der Waals surface area contributed by atoms with E-state index < -0.39 is 17.7 Å². The molecular weight excluding hydrogens is 410 g/mol. The number of aliphatic hydroxyl groups is 1. The maximum Gasteiger partial charge on any atom is 0.295 e. The smallest absolute Gasteiger partial charge is 0.295 e. The van der Waals surface area contributed by atoms with Gasteiger partial charge in [0.1, 0.15) is 11.5 Å². The number of rotatable bonds is 6. The molecule has 32 heavy (non-hydrogen) atoms. The molecule has 1 amide bonds. The number of nitrogens with zero attached hydrogens (tertiary/aromatic N) is 1. The van der Waals surface area contributed by atoms with Gasteiger partial charge in [-0.15, -0.1) is 0 Å². The number of amides is 1. The van der Waals surface area contributed by atoms with Crippen molar-refractivity contribution < 1.29 is 28.9 Å². The minimum absolute atomic E-state index is 0.0543. The van der Waals surface area contributed by atoms with Crippen LogP contribution < -0.4 is 14.2 Å². The van der Waals surface area contributed by atoms with E-state index in [1.165, 1.54) is 14.2 Å². The van der Waals surface area contributed by atoms with Crippen molar-refractivity contribution in [2.24, 2.45) is 0 Å². The van der Waals surface area contributed by atoms with Crippen molar-refractivity contribution in [3.63, 3.8) is 0 Å². The fourth-order valence-electron chi connectivity index (χ4n) is 4.74. The molecule has 2 aliphatic rings. The van der Waals surface area contributed by atoms with Crippen LogP contribution in [0.5, 0.6) is 17.2 Å². The molecule has 7 nitrogen and oxygen atoms in total. The molecule has 0 radical (unpaired) electrons. The van der Waals surface area contributed by atoms with Crippen LogP contribution in [0.15, 0.2) is 48.0 Å². The van der Waals surface area contributed by atoms with Gasteiger partial charge in [-0.05, 0) is 42.7 Å². The summed E-state index contributed by atoms with van der Waals surface area (Å²) in [5.41, 5.74) is 1.09. The standard InChI is InChI=1S/C25H27NO6/c1-30-18-11-7-6-10-17(18)23(27)21-22(15-12-13-19(31-2)20(14-15)32-3)26(25(29)24(21)28)16-8-4-5-9-16/h6-7,10-14,16,22,27H,4-5,8-9H2,1-3H3/b23-21-. The molecule has 7 heteroatoms. The van der Waals surface area contributed by atoms with Crippen LogP contribution in [0.3, 0.4) is 0 Å². The van der Waals surface area contributed by atoms with Crippen molar-refractivity contribution in [3.8, 4) is 17.2 Å². The second-order valence-electron chi connectivity index (χ2n) is 7.96. The van der Waals surface area contributed by atoms with Crippen LogP contribution in [0.25, 0.3) is 5.76 Å². The zero-order valence-electron chi connectivity index (χ0n) is 18.5. The molecule has 2 aromatic rings. The summed E-state index contributed by atoms with van der Waals surface area (Å²) in [6.45, 7) is 0. The number of ketones is 1. The molecule has 2 aromatic carbocycles. The number of ether oxygens (including phenoxy) is 3. The lowest BCUT2D eigenvalue weighted by molar-refractivity contribution is -0.141. The first kappa shape index (κ1) is 21.7. The number of carbonyl (C=O) groups excluding carboxylic acids is 2. The van der Waals surface area contributed by atoms with Crippen molar-refractivity contribution in [2.75, 3.05) is 21.3 Å². The first-order valence-corrected chi connectivity index (χ1v) is 10.7. The Morgan fingerprint density at radius 1 is 0.906 bits per heavy atom. The number of Topliss-reactive ketones (excluding diaryl/α,β-unsaturated/α-hetero) is 1. The monoisotopic (exact) mass is 437 g/mol. The Bertz CT molecular complexity index is 1070. The third-order valence-electron chi connectivity index (χ3n) is 6.28. The lowest BCUT2D eigenvalue weighted by Gasteiger charge is -2.31. The van der Waals surface area contributed by atoms with E-state index in [0.717, 1.165) is 25.7 Å². The largest absolute Gasteiger partial charge is 0.507 e. The van der Waals surface area contributed by atoms with Gasteiger partial charge in [0.05, 0.1) is 38.5 Å². The Morgan fingerprint density at radius 2 is 1.56 bits per heavy atom. The van der Waals surface area contributed by atoms with Crippen LogP contribution in [0.2, 0.25) is 0 Å². The van der Waals surface area contributed by atoms with Crippen molar-refractivity contribution in [3.05, 3.63) is 59.2 Å². The number of hydrogen-bond donors (Lipinski definition) is 1. The number of para-hydroxylation sites is 1. The molecule has 0 aromatic heterocycles. The van der Waals surface area contributed by atoms with Crippen molar-refractivity contribution >= 4 is 17.4 Å². The molecule has 1 aliphatic carbocycles. The molecule has 2 fully saturated rings. The molecule has 0 bridgehead atoms. The summed E-state index contributed by atoms with van der Waals surface area (Å²) in [7, 11) is 4.57. The summed E-state index contributed by atoms with van der Waals surface area (Å²) in [5, 5.41) is 11.3. The van der Waals surface area contributed by atoms with Crippen molar-refractivity contribution in [1.82, 2.24) is 4.90 Å².